The number of hydrogen-bond acceptors (Lipinski definition) is 3. The molecule has 3 heteroatoms. The minimum absolute atomic E-state index is 0.748. The quantitative estimate of drug-likeness (QED) is 0.882. The van der Waals surface area contributed by atoms with E-state index in [1.54, 1.807) is 0 Å². The molecule has 1 heterocycles. The smallest absolute Gasteiger partial charge is 0.101 e. The summed E-state index contributed by atoms with van der Waals surface area (Å²) in [7, 11) is 2.01. The second-order valence-corrected chi connectivity index (χ2v) is 4.98. The van der Waals surface area contributed by atoms with Crippen LogP contribution in [-0.2, 0) is 0 Å². The minimum Gasteiger partial charge on any atom is -0.370 e. The topological polar surface area (TPSA) is 39.1 Å². The largest absolute Gasteiger partial charge is 0.370 e. The van der Waals surface area contributed by atoms with Gasteiger partial charge in [-0.2, -0.15) is 5.26 Å². The molecule has 1 fully saturated rings. The second-order valence-electron chi connectivity index (χ2n) is 4.98. The Morgan fingerprint density at radius 3 is 3.06 bits per heavy atom. The van der Waals surface area contributed by atoms with E-state index in [-0.39, 0.29) is 0 Å². The zero-order valence-corrected chi connectivity index (χ0v) is 11.0. The Balaban J connectivity index is 2.06. The van der Waals surface area contributed by atoms with Gasteiger partial charge in [0.15, 0.2) is 0 Å². The van der Waals surface area contributed by atoms with Gasteiger partial charge >= 0.3 is 0 Å². The highest BCUT2D eigenvalue weighted by Gasteiger charge is 2.21. The van der Waals surface area contributed by atoms with Gasteiger partial charge in [0.1, 0.15) is 6.07 Å². The lowest BCUT2D eigenvalue weighted by atomic mass is 9.94. The molecule has 0 spiro atoms. The number of rotatable bonds is 4. The van der Waals surface area contributed by atoms with Crippen LogP contribution in [0.1, 0.15) is 24.8 Å². The molecule has 1 N–H and O–H groups in total. The van der Waals surface area contributed by atoms with Crippen molar-refractivity contribution >= 4 is 5.69 Å². The van der Waals surface area contributed by atoms with Gasteiger partial charge < -0.3 is 10.2 Å². The van der Waals surface area contributed by atoms with Crippen molar-refractivity contribution in [3.05, 3.63) is 29.8 Å². The zero-order chi connectivity index (χ0) is 12.8. The third kappa shape index (κ3) is 3.02. The van der Waals surface area contributed by atoms with E-state index in [0.717, 1.165) is 36.8 Å². The molecule has 0 aromatic heterocycles. The van der Waals surface area contributed by atoms with Gasteiger partial charge in [0.25, 0.3) is 0 Å². The molecule has 0 aliphatic carbocycles. The number of hydrogen-bond donors (Lipinski definition) is 1. The summed E-state index contributed by atoms with van der Waals surface area (Å²) in [6.07, 6.45) is 3.77. The van der Waals surface area contributed by atoms with Crippen LogP contribution in [0.5, 0.6) is 0 Å². The number of nitrogens with zero attached hydrogens (tertiary/aromatic N) is 2. The van der Waals surface area contributed by atoms with Crippen molar-refractivity contribution < 1.29 is 0 Å². The summed E-state index contributed by atoms with van der Waals surface area (Å²) in [5.74, 6) is 0.748. The first-order valence-electron chi connectivity index (χ1n) is 6.74. The minimum atomic E-state index is 0.748. The molecule has 0 saturated carbocycles. The fourth-order valence-electron chi connectivity index (χ4n) is 2.71. The molecule has 1 unspecified atom stereocenters. The Morgan fingerprint density at radius 2 is 2.28 bits per heavy atom. The summed E-state index contributed by atoms with van der Waals surface area (Å²) in [6, 6.07) is 10.2. The Kier molecular flexibility index (Phi) is 4.60. The van der Waals surface area contributed by atoms with E-state index in [2.05, 4.69) is 22.4 Å². The van der Waals surface area contributed by atoms with Gasteiger partial charge in [0.2, 0.25) is 0 Å². The Morgan fingerprint density at radius 1 is 1.44 bits per heavy atom. The van der Waals surface area contributed by atoms with Gasteiger partial charge in [-0.25, -0.2) is 0 Å². The molecule has 3 nitrogen and oxygen atoms in total. The molecule has 0 bridgehead atoms. The van der Waals surface area contributed by atoms with Gasteiger partial charge in [0.05, 0.1) is 11.3 Å². The average Bonchev–Trinajstić information content (AvgIpc) is 2.45. The summed E-state index contributed by atoms with van der Waals surface area (Å²) in [6.45, 7) is 3.24. The number of nitrogens with one attached hydrogen (secondary N) is 1. The predicted octanol–water partition coefficient (Wildman–Crippen LogP) is 2.38. The molecular weight excluding hydrogens is 222 g/mol. The van der Waals surface area contributed by atoms with Gasteiger partial charge in [0, 0.05) is 13.1 Å². The van der Waals surface area contributed by atoms with Crippen LogP contribution in [0.25, 0.3) is 0 Å². The number of benzene rings is 1. The molecule has 18 heavy (non-hydrogen) atoms. The van der Waals surface area contributed by atoms with Crippen LogP contribution in [0, 0.1) is 17.2 Å². The Labute approximate surface area is 109 Å². The highest BCUT2D eigenvalue weighted by Crippen LogP contribution is 2.27. The molecule has 0 amide bonds. The molecular formula is C15H21N3. The highest BCUT2D eigenvalue weighted by atomic mass is 15.1. The lowest BCUT2D eigenvalue weighted by Gasteiger charge is -2.35. The standard InChI is InChI=1S/C15H21N3/c1-17-9-8-13-5-4-10-18(12-13)15-7-3-2-6-14(15)11-16/h2-3,6-7,13,17H,4-5,8-10,12H2,1H3. The molecule has 1 aromatic carbocycles. The van der Waals surface area contributed by atoms with E-state index >= 15 is 0 Å². The normalized spacial score (nSPS) is 19.6. The van der Waals surface area contributed by atoms with Crippen molar-refractivity contribution in [2.75, 3.05) is 31.6 Å². The van der Waals surface area contributed by atoms with E-state index in [4.69, 9.17) is 5.26 Å². The predicted molar refractivity (Wildman–Crippen MR) is 74.6 cm³/mol. The molecule has 1 saturated heterocycles. The zero-order valence-electron chi connectivity index (χ0n) is 11.0. The van der Waals surface area contributed by atoms with E-state index in [1.807, 2.05) is 25.2 Å². The molecule has 1 aliphatic rings. The maximum Gasteiger partial charge on any atom is 0.101 e. The van der Waals surface area contributed by atoms with Crippen LogP contribution in [0.15, 0.2) is 24.3 Å². The van der Waals surface area contributed by atoms with E-state index in [1.165, 1.54) is 19.3 Å². The van der Waals surface area contributed by atoms with Crippen LogP contribution < -0.4 is 10.2 Å². The summed E-state index contributed by atoms with van der Waals surface area (Å²) >= 11 is 0. The first-order chi connectivity index (χ1) is 8.85. The number of nitriles is 1. The van der Waals surface area contributed by atoms with Crippen molar-refractivity contribution in [1.29, 1.82) is 5.26 Å². The summed E-state index contributed by atoms with van der Waals surface area (Å²) in [5.41, 5.74) is 1.90. The average molecular weight is 243 g/mol. The van der Waals surface area contributed by atoms with Gasteiger partial charge in [-0.1, -0.05) is 12.1 Å². The van der Waals surface area contributed by atoms with Crippen LogP contribution in [0.3, 0.4) is 0 Å². The van der Waals surface area contributed by atoms with Gasteiger partial charge in [-0.05, 0) is 50.9 Å². The van der Waals surface area contributed by atoms with Crippen LogP contribution in [-0.4, -0.2) is 26.7 Å². The first-order valence-corrected chi connectivity index (χ1v) is 6.74. The molecule has 1 atom stereocenters. The van der Waals surface area contributed by atoms with Gasteiger partial charge in [-0.15, -0.1) is 0 Å². The second kappa shape index (κ2) is 6.42. The Hall–Kier alpha value is -1.53. The van der Waals surface area contributed by atoms with E-state index < -0.39 is 0 Å². The molecule has 1 aliphatic heterocycles. The van der Waals surface area contributed by atoms with Crippen molar-refractivity contribution in [2.24, 2.45) is 5.92 Å². The molecule has 2 rings (SSSR count). The SMILES string of the molecule is CNCCC1CCCN(c2ccccc2C#N)C1. The van der Waals surface area contributed by atoms with Crippen molar-refractivity contribution in [3.63, 3.8) is 0 Å². The third-order valence-corrected chi connectivity index (χ3v) is 3.69. The monoisotopic (exact) mass is 243 g/mol. The fourth-order valence-corrected chi connectivity index (χ4v) is 2.71. The highest BCUT2D eigenvalue weighted by molar-refractivity contribution is 5.59. The lowest BCUT2D eigenvalue weighted by molar-refractivity contribution is 0.387. The molecule has 0 radical (unpaired) electrons. The summed E-state index contributed by atoms with van der Waals surface area (Å²) in [4.78, 5) is 2.38. The van der Waals surface area contributed by atoms with Crippen molar-refractivity contribution in [1.82, 2.24) is 5.32 Å². The number of anilines is 1. The fraction of sp³-hybridized carbons (Fsp3) is 0.533. The van der Waals surface area contributed by atoms with Gasteiger partial charge in [-0.3, -0.25) is 0 Å². The maximum absolute atomic E-state index is 9.17. The van der Waals surface area contributed by atoms with E-state index in [9.17, 15) is 0 Å². The summed E-state index contributed by atoms with van der Waals surface area (Å²) < 4.78 is 0. The van der Waals surface area contributed by atoms with Crippen LogP contribution >= 0.6 is 0 Å². The summed E-state index contributed by atoms with van der Waals surface area (Å²) in [5, 5.41) is 12.4. The van der Waals surface area contributed by atoms with Crippen molar-refractivity contribution in [3.8, 4) is 6.07 Å². The molecule has 96 valence electrons. The lowest BCUT2D eigenvalue weighted by Crippen LogP contribution is -2.36. The van der Waals surface area contributed by atoms with Crippen LogP contribution in [0.4, 0.5) is 5.69 Å². The van der Waals surface area contributed by atoms with E-state index in [0.29, 0.717) is 0 Å². The van der Waals surface area contributed by atoms with Crippen LogP contribution in [0.2, 0.25) is 0 Å². The number of piperidine rings is 1. The number of para-hydroxylation sites is 1. The maximum atomic E-state index is 9.17. The van der Waals surface area contributed by atoms with Crippen molar-refractivity contribution in [2.45, 2.75) is 19.3 Å². The Bertz CT molecular complexity index is 422. The first kappa shape index (κ1) is 12.9. The third-order valence-electron chi connectivity index (χ3n) is 3.69. The molecule has 1 aromatic rings.